The molecule has 0 spiro atoms. The van der Waals surface area contributed by atoms with Crippen LogP contribution in [0.1, 0.15) is 43.5 Å². The Morgan fingerprint density at radius 1 is 0.931 bits per heavy atom. The second-order valence-corrected chi connectivity index (χ2v) is 9.10. The summed E-state index contributed by atoms with van der Waals surface area (Å²) in [6, 6.07) is 13.9. The number of anilines is 2. The molecule has 1 heterocycles. The Morgan fingerprint density at radius 3 is 2.07 bits per heavy atom. The molecular formula is C22H29N3O3S. The molecule has 0 aliphatic carbocycles. The lowest BCUT2D eigenvalue weighted by molar-refractivity contribution is 0.102. The fourth-order valence-electron chi connectivity index (χ4n) is 3.58. The van der Waals surface area contributed by atoms with Crippen LogP contribution >= 0.6 is 0 Å². The maximum atomic E-state index is 12.7. The van der Waals surface area contributed by atoms with E-state index in [9.17, 15) is 13.2 Å². The zero-order valence-electron chi connectivity index (χ0n) is 17.1. The molecule has 0 aromatic heterocycles. The van der Waals surface area contributed by atoms with Crippen LogP contribution in [0.3, 0.4) is 0 Å². The van der Waals surface area contributed by atoms with Crippen LogP contribution in [0.25, 0.3) is 0 Å². The fourth-order valence-corrected chi connectivity index (χ4v) is 5.10. The van der Waals surface area contributed by atoms with E-state index in [1.165, 1.54) is 0 Å². The fraction of sp³-hybridized carbons (Fsp3) is 0.409. The molecule has 6 nitrogen and oxygen atoms in total. The molecule has 1 aliphatic rings. The van der Waals surface area contributed by atoms with E-state index < -0.39 is 10.0 Å². The van der Waals surface area contributed by atoms with Crippen molar-refractivity contribution in [2.75, 3.05) is 36.4 Å². The quantitative estimate of drug-likeness (QED) is 0.743. The number of nitrogens with zero attached hydrogens (tertiary/aromatic N) is 2. The van der Waals surface area contributed by atoms with Gasteiger partial charge in [-0.3, -0.25) is 4.79 Å². The zero-order valence-corrected chi connectivity index (χ0v) is 17.9. The third-order valence-electron chi connectivity index (χ3n) is 5.32. The van der Waals surface area contributed by atoms with E-state index in [1.54, 1.807) is 40.7 Å². The largest absolute Gasteiger partial charge is 0.372 e. The van der Waals surface area contributed by atoms with Crippen LogP contribution in [0, 0.1) is 0 Å². The van der Waals surface area contributed by atoms with Crippen molar-refractivity contribution in [2.24, 2.45) is 0 Å². The number of rotatable bonds is 7. The van der Waals surface area contributed by atoms with Gasteiger partial charge in [-0.1, -0.05) is 6.42 Å². The Bertz CT molecular complexity index is 915. The second-order valence-electron chi connectivity index (χ2n) is 7.16. The van der Waals surface area contributed by atoms with Crippen LogP contribution in [0.15, 0.2) is 53.4 Å². The Balaban J connectivity index is 1.67. The van der Waals surface area contributed by atoms with Gasteiger partial charge in [0.25, 0.3) is 5.91 Å². The van der Waals surface area contributed by atoms with Gasteiger partial charge in [0.15, 0.2) is 0 Å². The number of benzene rings is 2. The van der Waals surface area contributed by atoms with E-state index in [1.807, 2.05) is 12.1 Å². The highest BCUT2D eigenvalue weighted by Crippen LogP contribution is 2.22. The van der Waals surface area contributed by atoms with Gasteiger partial charge in [-0.15, -0.1) is 0 Å². The van der Waals surface area contributed by atoms with Crippen LogP contribution in [0.2, 0.25) is 0 Å². The van der Waals surface area contributed by atoms with Gasteiger partial charge in [0, 0.05) is 43.1 Å². The molecule has 7 heteroatoms. The molecule has 0 saturated carbocycles. The summed E-state index contributed by atoms with van der Waals surface area (Å²) in [5.41, 5.74) is 2.21. The van der Waals surface area contributed by atoms with Crippen molar-refractivity contribution in [3.8, 4) is 0 Å². The summed E-state index contributed by atoms with van der Waals surface area (Å²) < 4.78 is 27.0. The van der Waals surface area contributed by atoms with Gasteiger partial charge in [0.1, 0.15) is 0 Å². The number of amides is 1. The van der Waals surface area contributed by atoms with E-state index in [4.69, 9.17) is 0 Å². The summed E-state index contributed by atoms with van der Waals surface area (Å²) in [5, 5.41) is 2.83. The van der Waals surface area contributed by atoms with Crippen molar-refractivity contribution in [3.05, 3.63) is 54.1 Å². The van der Waals surface area contributed by atoms with Gasteiger partial charge in [0.2, 0.25) is 10.0 Å². The Kier molecular flexibility index (Phi) is 6.92. The maximum Gasteiger partial charge on any atom is 0.255 e. The number of sulfonamides is 1. The Hall–Kier alpha value is -2.38. The molecule has 0 radical (unpaired) electrons. The predicted molar refractivity (Wildman–Crippen MR) is 117 cm³/mol. The topological polar surface area (TPSA) is 69.7 Å². The van der Waals surface area contributed by atoms with E-state index in [0.29, 0.717) is 24.3 Å². The first kappa shape index (κ1) is 21.3. The molecule has 0 unspecified atom stereocenters. The number of nitrogens with one attached hydrogen (secondary N) is 1. The first-order chi connectivity index (χ1) is 14.0. The van der Waals surface area contributed by atoms with Crippen LogP contribution in [-0.4, -0.2) is 44.8 Å². The molecule has 0 bridgehead atoms. The molecule has 1 aliphatic heterocycles. The van der Waals surface area contributed by atoms with Gasteiger partial charge in [-0.25, -0.2) is 8.42 Å². The third kappa shape index (κ3) is 4.97. The van der Waals surface area contributed by atoms with E-state index in [2.05, 4.69) is 24.1 Å². The lowest BCUT2D eigenvalue weighted by Gasteiger charge is -2.25. The summed E-state index contributed by atoms with van der Waals surface area (Å²) in [6.45, 7) is 7.16. The number of hydrogen-bond acceptors (Lipinski definition) is 4. The first-order valence-corrected chi connectivity index (χ1v) is 11.7. The summed E-state index contributed by atoms with van der Waals surface area (Å²) in [4.78, 5) is 15.0. The number of hydrogen-bond donors (Lipinski definition) is 1. The van der Waals surface area contributed by atoms with Crippen molar-refractivity contribution >= 4 is 27.3 Å². The summed E-state index contributed by atoms with van der Waals surface area (Å²) in [7, 11) is -3.46. The number of carbonyl (C=O) groups is 1. The molecule has 1 saturated heterocycles. The van der Waals surface area contributed by atoms with Crippen molar-refractivity contribution in [1.82, 2.24) is 4.31 Å². The van der Waals surface area contributed by atoms with Crippen molar-refractivity contribution in [3.63, 3.8) is 0 Å². The van der Waals surface area contributed by atoms with Crippen LogP contribution in [-0.2, 0) is 10.0 Å². The standard InChI is InChI=1S/C22H29N3O3S/c1-3-24(4-2)20-12-8-18(9-13-20)22(26)23-19-10-14-21(15-11-19)29(27,28)25-16-6-5-7-17-25/h8-15H,3-7,16-17H2,1-2H3,(H,23,26). The van der Waals surface area contributed by atoms with Crippen molar-refractivity contribution in [1.29, 1.82) is 0 Å². The van der Waals surface area contributed by atoms with E-state index in [0.717, 1.165) is 38.0 Å². The van der Waals surface area contributed by atoms with Crippen molar-refractivity contribution in [2.45, 2.75) is 38.0 Å². The summed E-state index contributed by atoms with van der Waals surface area (Å²) in [6.07, 6.45) is 2.88. The van der Waals surface area contributed by atoms with Crippen molar-refractivity contribution < 1.29 is 13.2 Å². The molecule has 1 N–H and O–H groups in total. The highest BCUT2D eigenvalue weighted by Gasteiger charge is 2.25. The summed E-state index contributed by atoms with van der Waals surface area (Å²) in [5.74, 6) is -0.220. The van der Waals surface area contributed by atoms with Crippen LogP contribution < -0.4 is 10.2 Å². The Morgan fingerprint density at radius 2 is 1.52 bits per heavy atom. The van der Waals surface area contributed by atoms with E-state index >= 15 is 0 Å². The number of carbonyl (C=O) groups excluding carboxylic acids is 1. The van der Waals surface area contributed by atoms with Gasteiger partial charge in [-0.2, -0.15) is 4.31 Å². The minimum Gasteiger partial charge on any atom is -0.372 e. The van der Waals surface area contributed by atoms with Gasteiger partial charge in [-0.05, 0) is 75.2 Å². The minimum atomic E-state index is -3.46. The number of piperidine rings is 1. The molecule has 3 rings (SSSR count). The SMILES string of the molecule is CCN(CC)c1ccc(C(=O)Nc2ccc(S(=O)(=O)N3CCCCC3)cc2)cc1. The Labute approximate surface area is 173 Å². The second kappa shape index (κ2) is 9.41. The zero-order chi connectivity index (χ0) is 20.9. The van der Waals surface area contributed by atoms with Gasteiger partial charge < -0.3 is 10.2 Å². The average molecular weight is 416 g/mol. The third-order valence-corrected chi connectivity index (χ3v) is 7.24. The normalized spacial score (nSPS) is 15.1. The molecule has 29 heavy (non-hydrogen) atoms. The van der Waals surface area contributed by atoms with Gasteiger partial charge in [0.05, 0.1) is 4.90 Å². The van der Waals surface area contributed by atoms with Crippen LogP contribution in [0.4, 0.5) is 11.4 Å². The van der Waals surface area contributed by atoms with Crippen LogP contribution in [0.5, 0.6) is 0 Å². The monoisotopic (exact) mass is 415 g/mol. The molecule has 156 valence electrons. The smallest absolute Gasteiger partial charge is 0.255 e. The minimum absolute atomic E-state index is 0.220. The highest BCUT2D eigenvalue weighted by atomic mass is 32.2. The molecule has 1 amide bonds. The maximum absolute atomic E-state index is 12.7. The summed E-state index contributed by atoms with van der Waals surface area (Å²) >= 11 is 0. The molecule has 2 aromatic carbocycles. The lowest BCUT2D eigenvalue weighted by atomic mass is 10.1. The molecule has 2 aromatic rings. The molecular weight excluding hydrogens is 386 g/mol. The molecule has 1 fully saturated rings. The average Bonchev–Trinajstić information content (AvgIpc) is 2.76. The van der Waals surface area contributed by atoms with Gasteiger partial charge >= 0.3 is 0 Å². The first-order valence-electron chi connectivity index (χ1n) is 10.2. The lowest BCUT2D eigenvalue weighted by Crippen LogP contribution is -2.35. The van der Waals surface area contributed by atoms with E-state index in [-0.39, 0.29) is 10.8 Å². The highest BCUT2D eigenvalue weighted by molar-refractivity contribution is 7.89. The predicted octanol–water partition coefficient (Wildman–Crippen LogP) is 3.96. The molecule has 0 atom stereocenters.